The molecule has 1 aliphatic rings. The van der Waals surface area contributed by atoms with Gasteiger partial charge in [0.2, 0.25) is 5.91 Å². The van der Waals surface area contributed by atoms with Crippen LogP contribution >= 0.6 is 27.7 Å². The van der Waals surface area contributed by atoms with Crippen LogP contribution in [-0.4, -0.2) is 47.3 Å². The molecule has 4 rings (SSSR count). The first-order valence-corrected chi connectivity index (χ1v) is 16.4. The minimum Gasteiger partial charge on any atom is -0.493 e. The van der Waals surface area contributed by atoms with Crippen molar-refractivity contribution in [3.63, 3.8) is 0 Å². The van der Waals surface area contributed by atoms with Crippen LogP contribution < -0.4 is 14.8 Å². The molecule has 0 aliphatic carbocycles. The Kier molecular flexibility index (Phi) is 12.7. The molecule has 1 N–H and O–H groups in total. The van der Waals surface area contributed by atoms with Crippen molar-refractivity contribution in [3.8, 4) is 11.5 Å². The van der Waals surface area contributed by atoms with Gasteiger partial charge in [-0.3, -0.25) is 19.3 Å². The van der Waals surface area contributed by atoms with E-state index in [2.05, 4.69) is 39.4 Å². The van der Waals surface area contributed by atoms with Crippen molar-refractivity contribution in [1.29, 1.82) is 0 Å². The molecule has 0 atom stereocenters. The first kappa shape index (κ1) is 34.9. The minimum absolute atomic E-state index is 0.0806. The Bertz CT molecular complexity index is 1730. The molecule has 0 unspecified atom stereocenters. The fraction of sp³-hybridized carbons (Fsp3) is 0.135. The summed E-state index contributed by atoms with van der Waals surface area (Å²) < 4.78 is 11.8. The topological polar surface area (TPSA) is 97.3 Å². The van der Waals surface area contributed by atoms with Crippen molar-refractivity contribution < 1.29 is 23.9 Å². The quantitative estimate of drug-likeness (QED) is 0.0858. The van der Waals surface area contributed by atoms with E-state index in [4.69, 9.17) is 9.47 Å². The number of nitrogens with zero attached hydrogens (tertiary/aromatic N) is 2. The summed E-state index contributed by atoms with van der Waals surface area (Å²) >= 11 is 4.48. The molecule has 0 fully saturated rings. The van der Waals surface area contributed by atoms with E-state index < -0.39 is 11.8 Å². The second kappa shape index (κ2) is 17.1. The fourth-order valence-electron chi connectivity index (χ4n) is 4.67. The third-order valence-electron chi connectivity index (χ3n) is 6.82. The number of methoxy groups -OCH3 is 1. The molecule has 1 heterocycles. The van der Waals surface area contributed by atoms with E-state index in [-0.39, 0.29) is 35.0 Å². The number of thioether (sulfide) groups is 1. The van der Waals surface area contributed by atoms with Crippen molar-refractivity contribution in [2.24, 2.45) is 4.99 Å². The van der Waals surface area contributed by atoms with Gasteiger partial charge < -0.3 is 14.8 Å². The number of halogens is 1. The number of hydrogen-bond acceptors (Lipinski definition) is 6. The number of aliphatic imine (C=N–C) groups is 1. The maximum absolute atomic E-state index is 14.0. The van der Waals surface area contributed by atoms with E-state index in [9.17, 15) is 14.4 Å². The van der Waals surface area contributed by atoms with Crippen LogP contribution in [0.15, 0.2) is 137 Å². The summed E-state index contributed by atoms with van der Waals surface area (Å²) in [5.41, 5.74) is 2.65. The third-order valence-corrected chi connectivity index (χ3v) is 8.35. The summed E-state index contributed by atoms with van der Waals surface area (Å²) in [5.74, 6) is -0.854. The summed E-state index contributed by atoms with van der Waals surface area (Å²) in [6.07, 6.45) is 9.70. The highest BCUT2D eigenvalue weighted by molar-refractivity contribution is 9.10. The summed E-state index contributed by atoms with van der Waals surface area (Å²) in [4.78, 5) is 46.4. The molecular formula is C37H34BrN3O5S. The van der Waals surface area contributed by atoms with Crippen molar-refractivity contribution in [1.82, 2.24) is 10.2 Å². The summed E-state index contributed by atoms with van der Waals surface area (Å²) in [7, 11) is 1.49. The number of benzene rings is 3. The van der Waals surface area contributed by atoms with E-state index >= 15 is 0 Å². The molecular weight excluding hydrogens is 678 g/mol. The van der Waals surface area contributed by atoms with E-state index in [0.29, 0.717) is 27.2 Å². The van der Waals surface area contributed by atoms with Crippen molar-refractivity contribution >= 4 is 56.7 Å². The lowest BCUT2D eigenvalue weighted by Crippen LogP contribution is -2.42. The normalized spacial score (nSPS) is 14.4. The monoisotopic (exact) mass is 711 g/mol. The van der Waals surface area contributed by atoms with E-state index in [0.717, 1.165) is 22.9 Å². The van der Waals surface area contributed by atoms with Crippen molar-refractivity contribution in [2.45, 2.75) is 13.0 Å². The first-order valence-electron chi connectivity index (χ1n) is 14.6. The highest BCUT2D eigenvalue weighted by Gasteiger charge is 2.35. The molecule has 10 heteroatoms. The maximum Gasteiger partial charge on any atom is 0.285 e. The van der Waals surface area contributed by atoms with Gasteiger partial charge in [0.15, 0.2) is 16.7 Å². The number of nitrogens with one attached hydrogen (secondary N) is 1. The minimum atomic E-state index is -0.731. The number of amides is 3. The standard InChI is InChI=1S/C37H34BrN3O5S/c1-5-8-19-28(7-3)41-36(44)29(21-25-22-30(38)34(46-20-6-2)31(23-25)45-4)35(43)40-37(41)47-24-32(42)39-33(26-15-11-9-12-16-26)27-17-13-10-14-18-27/h5-19,21-23,33H,1-2,20,24H2,3-4H3,(H,39,42)/b19-8-,28-7+,29-21+. The highest BCUT2D eigenvalue weighted by atomic mass is 79.9. The van der Waals surface area contributed by atoms with Gasteiger partial charge in [-0.25, -0.2) is 0 Å². The number of carbonyl (C=O) groups excluding carboxylic acids is 3. The molecule has 0 radical (unpaired) electrons. The molecule has 0 saturated heterocycles. The van der Waals surface area contributed by atoms with Crippen molar-refractivity contribution in [3.05, 3.63) is 149 Å². The Labute approximate surface area is 287 Å². The second-order valence-corrected chi connectivity index (χ2v) is 11.7. The summed E-state index contributed by atoms with van der Waals surface area (Å²) in [6.45, 7) is 9.41. The van der Waals surface area contributed by atoms with Gasteiger partial charge in [0.1, 0.15) is 12.2 Å². The number of hydrogen-bond donors (Lipinski definition) is 1. The Morgan fingerprint density at radius 2 is 1.72 bits per heavy atom. The molecule has 3 amide bonds. The number of amidine groups is 1. The SMILES string of the molecule is C=C/C=C\C(=C/C)N1C(=O)/C(=C/c2cc(Br)c(OCC=C)c(OC)c2)C(=O)N=C1SCC(=O)NC(c1ccccc1)c1ccccc1. The fourth-order valence-corrected chi connectivity index (χ4v) is 6.05. The second-order valence-electron chi connectivity index (χ2n) is 9.95. The summed E-state index contributed by atoms with van der Waals surface area (Å²) in [5, 5.41) is 3.17. The Balaban J connectivity index is 1.64. The molecule has 3 aromatic rings. The van der Waals surface area contributed by atoms with Crippen LogP contribution in [0, 0.1) is 0 Å². The van der Waals surface area contributed by atoms with Gasteiger partial charge in [-0.1, -0.05) is 110 Å². The van der Waals surface area contributed by atoms with Crippen LogP contribution in [0.25, 0.3) is 6.08 Å². The van der Waals surface area contributed by atoms with Gasteiger partial charge in [0.05, 0.1) is 23.4 Å². The molecule has 8 nitrogen and oxygen atoms in total. The van der Waals surface area contributed by atoms with Gasteiger partial charge in [-0.2, -0.15) is 4.99 Å². The zero-order chi connectivity index (χ0) is 33.8. The molecule has 240 valence electrons. The van der Waals surface area contributed by atoms with Gasteiger partial charge in [-0.15, -0.1) is 0 Å². The van der Waals surface area contributed by atoms with Crippen LogP contribution in [0.4, 0.5) is 0 Å². The number of ether oxygens (including phenoxy) is 2. The number of rotatable bonds is 13. The van der Waals surface area contributed by atoms with Crippen LogP contribution in [0.3, 0.4) is 0 Å². The predicted octanol–water partition coefficient (Wildman–Crippen LogP) is 7.42. The molecule has 0 saturated carbocycles. The number of carbonyl (C=O) groups is 3. The van der Waals surface area contributed by atoms with Crippen molar-refractivity contribution in [2.75, 3.05) is 19.5 Å². The Hall–Kier alpha value is -4.93. The van der Waals surface area contributed by atoms with E-state index in [1.54, 1.807) is 49.4 Å². The van der Waals surface area contributed by atoms with Crippen LogP contribution in [-0.2, 0) is 14.4 Å². The van der Waals surface area contributed by atoms with E-state index in [1.165, 1.54) is 18.1 Å². The van der Waals surface area contributed by atoms with Gasteiger partial charge in [0, 0.05) is 5.70 Å². The third kappa shape index (κ3) is 8.87. The van der Waals surface area contributed by atoms with Gasteiger partial charge in [-0.05, 0) is 63.8 Å². The molecule has 3 aromatic carbocycles. The molecule has 47 heavy (non-hydrogen) atoms. The predicted molar refractivity (Wildman–Crippen MR) is 192 cm³/mol. The van der Waals surface area contributed by atoms with Crippen LogP contribution in [0.1, 0.15) is 29.7 Å². The first-order chi connectivity index (χ1) is 22.8. The zero-order valence-electron chi connectivity index (χ0n) is 26.0. The Morgan fingerprint density at radius 1 is 1.06 bits per heavy atom. The lowest BCUT2D eigenvalue weighted by Gasteiger charge is -2.28. The lowest BCUT2D eigenvalue weighted by molar-refractivity contribution is -0.126. The van der Waals surface area contributed by atoms with Gasteiger partial charge >= 0.3 is 0 Å². The molecule has 0 aromatic heterocycles. The smallest absolute Gasteiger partial charge is 0.285 e. The van der Waals surface area contributed by atoms with E-state index in [1.807, 2.05) is 60.7 Å². The average Bonchev–Trinajstić information content (AvgIpc) is 3.09. The number of allylic oxidation sites excluding steroid dienone is 4. The molecule has 0 spiro atoms. The average molecular weight is 713 g/mol. The maximum atomic E-state index is 14.0. The molecule has 0 bridgehead atoms. The van der Waals surface area contributed by atoms with Crippen LogP contribution in [0.2, 0.25) is 0 Å². The highest BCUT2D eigenvalue weighted by Crippen LogP contribution is 2.38. The van der Waals surface area contributed by atoms with Crippen LogP contribution in [0.5, 0.6) is 11.5 Å². The van der Waals surface area contributed by atoms with Gasteiger partial charge in [0.25, 0.3) is 11.8 Å². The largest absolute Gasteiger partial charge is 0.493 e. The molecule has 1 aliphatic heterocycles. The summed E-state index contributed by atoms with van der Waals surface area (Å²) in [6, 6.07) is 22.3. The zero-order valence-corrected chi connectivity index (χ0v) is 28.4. The Morgan fingerprint density at radius 3 is 2.30 bits per heavy atom. The lowest BCUT2D eigenvalue weighted by atomic mass is 9.99.